The van der Waals surface area contributed by atoms with E-state index in [1.54, 1.807) is 6.92 Å². The fourth-order valence-corrected chi connectivity index (χ4v) is 1.44. The van der Waals surface area contributed by atoms with Gasteiger partial charge in [0.1, 0.15) is 12.8 Å². The number of halogens is 3. The fraction of sp³-hybridized carbons (Fsp3) is 0.875. The minimum atomic E-state index is -2.04. The molecule has 0 aliphatic carbocycles. The summed E-state index contributed by atoms with van der Waals surface area (Å²) in [4.78, 5) is 10.7. The summed E-state index contributed by atoms with van der Waals surface area (Å²) in [7, 11) is 0. The normalized spacial score (nSPS) is 15.4. The third-order valence-electron chi connectivity index (χ3n) is 1.49. The lowest BCUT2D eigenvalue weighted by atomic mass is 10.2. The van der Waals surface area contributed by atoms with Crippen molar-refractivity contribution in [1.29, 1.82) is 0 Å². The number of thioether (sulfide) groups is 1. The van der Waals surface area contributed by atoms with E-state index in [-0.39, 0.29) is 17.3 Å². The third-order valence-corrected chi connectivity index (χ3v) is 2.54. The molecule has 0 saturated heterocycles. The predicted molar refractivity (Wildman–Crippen MR) is 48.1 cm³/mol. The fourth-order valence-electron chi connectivity index (χ4n) is 0.665. The molecular weight excluding hydrogens is 201 g/mol. The van der Waals surface area contributed by atoms with Gasteiger partial charge >= 0.3 is 0 Å². The van der Waals surface area contributed by atoms with Crippen molar-refractivity contribution in [3.63, 3.8) is 0 Å². The molecule has 5 heteroatoms. The van der Waals surface area contributed by atoms with Crippen LogP contribution in [0, 0.1) is 0 Å². The van der Waals surface area contributed by atoms with Crippen molar-refractivity contribution < 1.29 is 18.0 Å². The van der Waals surface area contributed by atoms with E-state index in [1.807, 2.05) is 0 Å². The maximum Gasteiger partial charge on any atom is 0.188 e. The Kier molecular flexibility index (Phi) is 7.13. The first kappa shape index (κ1) is 12.8. The van der Waals surface area contributed by atoms with Crippen LogP contribution in [0.2, 0.25) is 0 Å². The van der Waals surface area contributed by atoms with Gasteiger partial charge in [0.15, 0.2) is 11.3 Å². The second-order valence-corrected chi connectivity index (χ2v) is 3.70. The van der Waals surface area contributed by atoms with Crippen LogP contribution >= 0.6 is 11.8 Å². The van der Waals surface area contributed by atoms with Gasteiger partial charge in [-0.2, -0.15) is 0 Å². The Morgan fingerprint density at radius 3 is 2.46 bits per heavy atom. The minimum Gasteiger partial charge on any atom is -0.287 e. The summed E-state index contributed by atoms with van der Waals surface area (Å²) in [5.74, 6) is 0.217. The summed E-state index contributed by atoms with van der Waals surface area (Å²) >= 11 is 0.965. The smallest absolute Gasteiger partial charge is 0.188 e. The molecule has 0 bridgehead atoms. The Morgan fingerprint density at radius 2 is 2.00 bits per heavy atom. The highest BCUT2D eigenvalue weighted by Gasteiger charge is 2.19. The topological polar surface area (TPSA) is 17.1 Å². The van der Waals surface area contributed by atoms with Gasteiger partial charge in [0.25, 0.3) is 0 Å². The average molecular weight is 214 g/mol. The quantitative estimate of drug-likeness (QED) is 0.676. The molecule has 0 heterocycles. The van der Waals surface area contributed by atoms with Gasteiger partial charge in [0, 0.05) is 12.2 Å². The van der Waals surface area contributed by atoms with E-state index in [1.165, 1.54) is 0 Å². The van der Waals surface area contributed by atoms with Crippen LogP contribution in [0.25, 0.3) is 0 Å². The van der Waals surface area contributed by atoms with Crippen LogP contribution in [0.3, 0.4) is 0 Å². The molecule has 0 aromatic rings. The van der Waals surface area contributed by atoms with Crippen LogP contribution < -0.4 is 0 Å². The summed E-state index contributed by atoms with van der Waals surface area (Å²) in [6.45, 7) is 0.398. The number of carbonyl (C=O) groups is 1. The molecule has 0 rings (SSSR count). The highest BCUT2D eigenvalue weighted by Crippen LogP contribution is 2.14. The second kappa shape index (κ2) is 7.24. The molecule has 0 spiro atoms. The van der Waals surface area contributed by atoms with Gasteiger partial charge in [-0.05, 0) is 6.42 Å². The first-order chi connectivity index (χ1) is 6.11. The molecule has 0 aromatic carbocycles. The maximum absolute atomic E-state index is 12.6. The molecule has 2 unspecified atom stereocenters. The number of hydrogen-bond donors (Lipinski definition) is 0. The van der Waals surface area contributed by atoms with Gasteiger partial charge in [-0.25, -0.2) is 13.2 Å². The molecule has 78 valence electrons. The van der Waals surface area contributed by atoms with E-state index in [4.69, 9.17) is 0 Å². The number of carbonyl (C=O) groups excluding carboxylic acids is 1. The number of hydrogen-bond acceptors (Lipinski definition) is 2. The lowest BCUT2D eigenvalue weighted by Gasteiger charge is -2.08. The van der Waals surface area contributed by atoms with Gasteiger partial charge in [0.05, 0.1) is 0 Å². The first-order valence-corrected chi connectivity index (χ1v) is 5.10. The molecule has 0 fully saturated rings. The van der Waals surface area contributed by atoms with E-state index < -0.39 is 19.0 Å². The summed E-state index contributed by atoms with van der Waals surface area (Å²) in [6.07, 6.45) is -3.56. The lowest BCUT2D eigenvalue weighted by Crippen LogP contribution is -2.20. The Hall–Kier alpha value is -0.190. The lowest BCUT2D eigenvalue weighted by molar-refractivity contribution is -0.110. The monoisotopic (exact) mass is 214 g/mol. The molecule has 0 aliphatic heterocycles. The van der Waals surface area contributed by atoms with Crippen LogP contribution in [-0.4, -0.2) is 29.9 Å². The molecule has 0 aliphatic rings. The Morgan fingerprint density at radius 1 is 1.38 bits per heavy atom. The van der Waals surface area contributed by atoms with Gasteiger partial charge in [-0.1, -0.05) is 18.7 Å². The molecule has 0 aromatic heterocycles. The van der Waals surface area contributed by atoms with Crippen molar-refractivity contribution in [2.75, 3.05) is 12.4 Å². The zero-order valence-electron chi connectivity index (χ0n) is 7.43. The van der Waals surface area contributed by atoms with E-state index in [2.05, 4.69) is 0 Å². The summed E-state index contributed by atoms with van der Waals surface area (Å²) in [6, 6.07) is 0. The van der Waals surface area contributed by atoms with Gasteiger partial charge in [-0.3, -0.25) is 4.79 Å². The van der Waals surface area contributed by atoms with Gasteiger partial charge in [-0.15, -0.1) is 0 Å². The van der Waals surface area contributed by atoms with Crippen molar-refractivity contribution >= 4 is 16.9 Å². The zero-order chi connectivity index (χ0) is 10.3. The highest BCUT2D eigenvalue weighted by atomic mass is 32.2. The van der Waals surface area contributed by atoms with Crippen LogP contribution in [0.15, 0.2) is 0 Å². The summed E-state index contributed by atoms with van der Waals surface area (Å²) < 4.78 is 36.5. The Balaban J connectivity index is 3.47. The Labute approximate surface area is 80.1 Å². The summed E-state index contributed by atoms with van der Waals surface area (Å²) in [5.41, 5.74) is 0. The molecule has 0 amide bonds. The van der Waals surface area contributed by atoms with Crippen molar-refractivity contribution in [1.82, 2.24) is 0 Å². The number of rotatable bonds is 6. The molecule has 1 nitrogen and oxygen atoms in total. The number of alkyl halides is 3. The van der Waals surface area contributed by atoms with Crippen LogP contribution in [0.4, 0.5) is 13.2 Å². The second-order valence-electron chi connectivity index (χ2n) is 2.55. The van der Waals surface area contributed by atoms with E-state index in [0.29, 0.717) is 6.42 Å². The van der Waals surface area contributed by atoms with E-state index in [9.17, 15) is 18.0 Å². The Bertz CT molecular complexity index is 154. The van der Waals surface area contributed by atoms with Gasteiger partial charge in [0.2, 0.25) is 0 Å². The minimum absolute atomic E-state index is 0.0529. The largest absolute Gasteiger partial charge is 0.287 e. The predicted octanol–water partition coefficient (Wildman–Crippen LogP) is 2.69. The average Bonchev–Trinajstić information content (AvgIpc) is 2.15. The molecule has 0 radical (unpaired) electrons. The molecule has 2 atom stereocenters. The van der Waals surface area contributed by atoms with Crippen molar-refractivity contribution in [3.8, 4) is 0 Å². The van der Waals surface area contributed by atoms with Crippen LogP contribution in [0.1, 0.15) is 19.8 Å². The third kappa shape index (κ3) is 5.96. The van der Waals surface area contributed by atoms with Crippen LogP contribution in [-0.2, 0) is 4.79 Å². The van der Waals surface area contributed by atoms with E-state index >= 15 is 0 Å². The van der Waals surface area contributed by atoms with E-state index in [0.717, 1.165) is 11.8 Å². The van der Waals surface area contributed by atoms with Crippen molar-refractivity contribution in [3.05, 3.63) is 0 Å². The standard InChI is InChI=1S/C8H13F3OS/c1-2-8(12)13-4-3-6(10)7(11)5-9/h6-7H,2-5H2,1H3. The SMILES string of the molecule is CCC(=O)SCCC(F)C(F)CF. The molecule has 0 saturated carbocycles. The first-order valence-electron chi connectivity index (χ1n) is 4.11. The van der Waals surface area contributed by atoms with Crippen molar-refractivity contribution in [2.45, 2.75) is 32.1 Å². The zero-order valence-corrected chi connectivity index (χ0v) is 8.25. The molecule has 0 N–H and O–H groups in total. The summed E-state index contributed by atoms with van der Waals surface area (Å²) in [5, 5.41) is -0.0529. The molecule has 13 heavy (non-hydrogen) atoms. The van der Waals surface area contributed by atoms with Crippen molar-refractivity contribution in [2.24, 2.45) is 0 Å². The highest BCUT2D eigenvalue weighted by molar-refractivity contribution is 8.13. The molecular formula is C8H13F3OS. The van der Waals surface area contributed by atoms with Gasteiger partial charge < -0.3 is 0 Å². The van der Waals surface area contributed by atoms with Crippen LogP contribution in [0.5, 0.6) is 0 Å². The maximum atomic E-state index is 12.6.